The summed E-state index contributed by atoms with van der Waals surface area (Å²) in [5, 5.41) is 4.14. The van der Waals surface area contributed by atoms with E-state index < -0.39 is 5.82 Å². The smallest absolute Gasteiger partial charge is 0.180 e. The largest absolute Gasteiger partial charge is 0.493 e. The van der Waals surface area contributed by atoms with E-state index in [1.54, 1.807) is 19.2 Å². The summed E-state index contributed by atoms with van der Waals surface area (Å²) in [4.78, 5) is 0. The fourth-order valence-corrected chi connectivity index (χ4v) is 3.24. The van der Waals surface area contributed by atoms with Crippen molar-refractivity contribution in [3.8, 4) is 11.5 Å². The van der Waals surface area contributed by atoms with Crippen LogP contribution in [0.25, 0.3) is 0 Å². The van der Waals surface area contributed by atoms with Crippen molar-refractivity contribution in [1.82, 2.24) is 5.32 Å². The molecule has 2 rings (SSSR count). The van der Waals surface area contributed by atoms with Gasteiger partial charge < -0.3 is 14.8 Å². The molecule has 0 aliphatic carbocycles. The van der Waals surface area contributed by atoms with Crippen molar-refractivity contribution in [2.45, 2.75) is 45.8 Å². The van der Waals surface area contributed by atoms with Crippen LogP contribution in [0.5, 0.6) is 11.5 Å². The Balaban J connectivity index is 2.01. The third-order valence-corrected chi connectivity index (χ3v) is 4.88. The highest BCUT2D eigenvalue weighted by Gasteiger charge is 2.14. The second kappa shape index (κ2) is 11.4. The molecular weight excluding hydrogens is 388 g/mol. The van der Waals surface area contributed by atoms with E-state index >= 15 is 0 Å². The minimum Gasteiger partial charge on any atom is -0.493 e. The van der Waals surface area contributed by atoms with E-state index in [2.05, 4.69) is 12.2 Å². The van der Waals surface area contributed by atoms with Crippen molar-refractivity contribution < 1.29 is 13.9 Å². The van der Waals surface area contributed by atoms with E-state index in [9.17, 15) is 4.39 Å². The number of halogens is 3. The fraction of sp³-hybridized carbons (Fsp3) is 0.429. The first-order valence-corrected chi connectivity index (χ1v) is 9.95. The van der Waals surface area contributed by atoms with Gasteiger partial charge in [-0.1, -0.05) is 55.5 Å². The third kappa shape index (κ3) is 6.56. The molecule has 0 bridgehead atoms. The zero-order chi connectivity index (χ0) is 19.6. The van der Waals surface area contributed by atoms with Gasteiger partial charge in [0.15, 0.2) is 11.5 Å². The highest BCUT2D eigenvalue weighted by molar-refractivity contribution is 6.32. The fourth-order valence-electron chi connectivity index (χ4n) is 2.74. The molecule has 0 amide bonds. The van der Waals surface area contributed by atoms with Gasteiger partial charge in [-0.15, -0.1) is 0 Å². The molecule has 1 N–H and O–H groups in total. The molecule has 0 heterocycles. The van der Waals surface area contributed by atoms with Gasteiger partial charge in [0, 0.05) is 12.1 Å². The van der Waals surface area contributed by atoms with Gasteiger partial charge in [0.25, 0.3) is 0 Å². The lowest BCUT2D eigenvalue weighted by atomic mass is 10.1. The van der Waals surface area contributed by atoms with Crippen molar-refractivity contribution >= 4 is 23.2 Å². The molecule has 148 valence electrons. The zero-order valence-electron chi connectivity index (χ0n) is 15.8. The summed E-state index contributed by atoms with van der Waals surface area (Å²) in [7, 11) is 1.55. The van der Waals surface area contributed by atoms with Crippen molar-refractivity contribution in [1.29, 1.82) is 0 Å². The summed E-state index contributed by atoms with van der Waals surface area (Å²) in [5.74, 6) is 0.476. The van der Waals surface area contributed by atoms with Crippen LogP contribution in [0.15, 0.2) is 30.3 Å². The second-order valence-electron chi connectivity index (χ2n) is 6.34. The molecule has 6 heteroatoms. The number of benzene rings is 2. The summed E-state index contributed by atoms with van der Waals surface area (Å²) < 4.78 is 25.1. The van der Waals surface area contributed by atoms with Crippen LogP contribution >= 0.6 is 23.2 Å². The number of nitrogens with one attached hydrogen (secondary N) is 1. The van der Waals surface area contributed by atoms with Crippen LogP contribution in [0.2, 0.25) is 10.0 Å². The Bertz CT molecular complexity index is 720. The van der Waals surface area contributed by atoms with Crippen molar-refractivity contribution in [3.05, 3.63) is 57.3 Å². The minimum atomic E-state index is -0.415. The first-order chi connectivity index (χ1) is 13.1. The van der Waals surface area contributed by atoms with E-state index in [0.717, 1.165) is 18.5 Å². The molecule has 27 heavy (non-hydrogen) atoms. The molecule has 2 aromatic carbocycles. The second-order valence-corrected chi connectivity index (χ2v) is 7.15. The van der Waals surface area contributed by atoms with Crippen LogP contribution in [-0.4, -0.2) is 13.7 Å². The molecule has 0 aliphatic rings. The Morgan fingerprint density at radius 1 is 1.07 bits per heavy atom. The maximum absolute atomic E-state index is 13.9. The summed E-state index contributed by atoms with van der Waals surface area (Å²) in [6, 6.07) is 8.24. The summed E-state index contributed by atoms with van der Waals surface area (Å²) in [6.45, 7) is 3.83. The topological polar surface area (TPSA) is 30.5 Å². The molecule has 0 spiro atoms. The van der Waals surface area contributed by atoms with Gasteiger partial charge in [0.1, 0.15) is 12.4 Å². The van der Waals surface area contributed by atoms with Crippen LogP contribution in [0.1, 0.15) is 43.7 Å². The number of rotatable bonds is 11. The Hall–Kier alpha value is -1.49. The average Bonchev–Trinajstić information content (AvgIpc) is 2.65. The van der Waals surface area contributed by atoms with E-state index in [0.29, 0.717) is 28.1 Å². The van der Waals surface area contributed by atoms with E-state index in [1.807, 2.05) is 12.1 Å². The predicted octanol–water partition coefficient (Wildman–Crippen LogP) is 6.39. The monoisotopic (exact) mass is 413 g/mol. The maximum atomic E-state index is 13.9. The SMILES string of the molecule is CCCCCCNCc1cc(Cl)c(OCc2c(F)cccc2Cl)c(OC)c1. The van der Waals surface area contributed by atoms with E-state index in [-0.39, 0.29) is 12.2 Å². The van der Waals surface area contributed by atoms with Crippen molar-refractivity contribution in [3.63, 3.8) is 0 Å². The van der Waals surface area contributed by atoms with E-state index in [4.69, 9.17) is 32.7 Å². The molecule has 3 nitrogen and oxygen atoms in total. The lowest BCUT2D eigenvalue weighted by molar-refractivity contribution is 0.280. The molecule has 0 unspecified atom stereocenters. The molecular formula is C21H26Cl2FNO2. The number of ether oxygens (including phenoxy) is 2. The Labute approximate surface area is 170 Å². The first-order valence-electron chi connectivity index (χ1n) is 9.19. The summed E-state index contributed by atoms with van der Waals surface area (Å²) >= 11 is 12.4. The third-order valence-electron chi connectivity index (χ3n) is 4.25. The van der Waals surface area contributed by atoms with Gasteiger partial charge in [-0.2, -0.15) is 0 Å². The average molecular weight is 414 g/mol. The first kappa shape index (κ1) is 21.8. The van der Waals surface area contributed by atoms with Crippen molar-refractivity contribution in [2.75, 3.05) is 13.7 Å². The molecule has 0 saturated heterocycles. The van der Waals surface area contributed by atoms with Crippen LogP contribution in [0.3, 0.4) is 0 Å². The molecule has 2 aromatic rings. The number of methoxy groups -OCH3 is 1. The van der Waals surface area contributed by atoms with E-state index in [1.165, 1.54) is 25.3 Å². The number of unbranched alkanes of at least 4 members (excludes halogenated alkanes) is 3. The number of hydrogen-bond acceptors (Lipinski definition) is 3. The standard InChI is InChI=1S/C21H26Cl2FNO2/c1-3-4-5-6-10-25-13-15-11-18(23)21(20(12-15)26-2)27-14-16-17(22)8-7-9-19(16)24/h7-9,11-12,25H,3-6,10,13-14H2,1-2H3. The van der Waals surface area contributed by atoms with Gasteiger partial charge in [-0.25, -0.2) is 4.39 Å². The van der Waals surface area contributed by atoms with Gasteiger partial charge in [-0.05, 0) is 42.8 Å². The Kier molecular flexibility index (Phi) is 9.19. The van der Waals surface area contributed by atoms with Gasteiger partial charge in [-0.3, -0.25) is 0 Å². The van der Waals surface area contributed by atoms with Crippen molar-refractivity contribution in [2.24, 2.45) is 0 Å². The lowest BCUT2D eigenvalue weighted by Crippen LogP contribution is -2.14. The Morgan fingerprint density at radius 2 is 1.89 bits per heavy atom. The highest BCUT2D eigenvalue weighted by Crippen LogP contribution is 2.37. The molecule has 0 aromatic heterocycles. The van der Waals surface area contributed by atoms with Crippen LogP contribution in [-0.2, 0) is 13.2 Å². The molecule has 0 atom stereocenters. The van der Waals surface area contributed by atoms with Gasteiger partial charge >= 0.3 is 0 Å². The summed E-state index contributed by atoms with van der Waals surface area (Å²) in [6.07, 6.45) is 4.88. The maximum Gasteiger partial charge on any atom is 0.180 e. The minimum absolute atomic E-state index is 0.0311. The molecule has 0 fully saturated rings. The van der Waals surface area contributed by atoms with Gasteiger partial charge in [0.2, 0.25) is 0 Å². The van der Waals surface area contributed by atoms with Crippen LogP contribution in [0, 0.1) is 5.82 Å². The Morgan fingerprint density at radius 3 is 2.59 bits per heavy atom. The number of hydrogen-bond donors (Lipinski definition) is 1. The summed E-state index contributed by atoms with van der Waals surface area (Å²) in [5.41, 5.74) is 1.29. The van der Waals surface area contributed by atoms with Crippen LogP contribution in [0.4, 0.5) is 4.39 Å². The molecule has 0 radical (unpaired) electrons. The molecule has 0 saturated carbocycles. The predicted molar refractivity (Wildman–Crippen MR) is 110 cm³/mol. The lowest BCUT2D eigenvalue weighted by Gasteiger charge is -2.15. The quantitative estimate of drug-likeness (QED) is 0.432. The molecule has 0 aliphatic heterocycles. The van der Waals surface area contributed by atoms with Crippen LogP contribution < -0.4 is 14.8 Å². The highest BCUT2D eigenvalue weighted by atomic mass is 35.5. The zero-order valence-corrected chi connectivity index (χ0v) is 17.3. The van der Waals surface area contributed by atoms with Gasteiger partial charge in [0.05, 0.1) is 17.2 Å². The normalized spacial score (nSPS) is 10.9.